The fraction of sp³-hybridized carbons (Fsp3) is 0.300. The zero-order valence-corrected chi connectivity index (χ0v) is 15.1. The molecule has 0 spiro atoms. The van der Waals surface area contributed by atoms with E-state index < -0.39 is 0 Å². The van der Waals surface area contributed by atoms with E-state index in [0.29, 0.717) is 48.9 Å². The SMILES string of the molecule is CCOc1ccc(O)c(C=NCCN=Cc2cc(OCC)ccc2O)c1. The highest BCUT2D eigenvalue weighted by atomic mass is 16.5. The molecule has 0 saturated heterocycles. The van der Waals surface area contributed by atoms with Gasteiger partial charge in [-0.25, -0.2) is 0 Å². The van der Waals surface area contributed by atoms with Crippen molar-refractivity contribution in [3.05, 3.63) is 47.5 Å². The Bertz CT molecular complexity index is 707. The van der Waals surface area contributed by atoms with Gasteiger partial charge in [-0.15, -0.1) is 0 Å². The quantitative estimate of drug-likeness (QED) is 0.532. The van der Waals surface area contributed by atoms with E-state index in [1.807, 2.05) is 13.8 Å². The largest absolute Gasteiger partial charge is 0.507 e. The van der Waals surface area contributed by atoms with Gasteiger partial charge < -0.3 is 19.7 Å². The average molecular weight is 356 g/mol. The number of aliphatic imine (C=N–C) groups is 2. The van der Waals surface area contributed by atoms with E-state index in [4.69, 9.17) is 9.47 Å². The van der Waals surface area contributed by atoms with Crippen LogP contribution in [-0.4, -0.2) is 48.9 Å². The highest BCUT2D eigenvalue weighted by Crippen LogP contribution is 2.22. The molecule has 0 bridgehead atoms. The van der Waals surface area contributed by atoms with Crippen LogP contribution in [0.4, 0.5) is 0 Å². The number of hydrogen-bond donors (Lipinski definition) is 2. The number of benzene rings is 2. The summed E-state index contributed by atoms with van der Waals surface area (Å²) in [4.78, 5) is 8.53. The summed E-state index contributed by atoms with van der Waals surface area (Å²) in [7, 11) is 0. The molecule has 0 aliphatic rings. The highest BCUT2D eigenvalue weighted by molar-refractivity contribution is 5.84. The van der Waals surface area contributed by atoms with E-state index in [9.17, 15) is 10.2 Å². The molecule has 0 aromatic heterocycles. The highest BCUT2D eigenvalue weighted by Gasteiger charge is 2.02. The minimum atomic E-state index is 0.151. The fourth-order valence-electron chi connectivity index (χ4n) is 2.23. The van der Waals surface area contributed by atoms with E-state index in [0.717, 1.165) is 0 Å². The molecule has 2 rings (SSSR count). The molecule has 0 amide bonds. The lowest BCUT2D eigenvalue weighted by Gasteiger charge is -2.05. The molecule has 0 radical (unpaired) electrons. The van der Waals surface area contributed by atoms with Gasteiger partial charge in [-0.1, -0.05) is 0 Å². The third-order valence-electron chi connectivity index (χ3n) is 3.44. The summed E-state index contributed by atoms with van der Waals surface area (Å²) in [6, 6.07) is 10.1. The van der Waals surface area contributed by atoms with Crippen molar-refractivity contribution in [1.82, 2.24) is 0 Å². The van der Waals surface area contributed by atoms with Gasteiger partial charge in [-0.3, -0.25) is 9.98 Å². The van der Waals surface area contributed by atoms with Crippen molar-refractivity contribution in [3.8, 4) is 23.0 Å². The number of nitrogens with zero attached hydrogens (tertiary/aromatic N) is 2. The molecule has 2 aromatic carbocycles. The van der Waals surface area contributed by atoms with Crippen molar-refractivity contribution in [2.24, 2.45) is 9.98 Å². The summed E-state index contributed by atoms with van der Waals surface area (Å²) < 4.78 is 10.8. The minimum Gasteiger partial charge on any atom is -0.507 e. The standard InChI is InChI=1S/C20H24N2O4/c1-3-25-17-5-7-19(23)15(11-17)13-21-9-10-22-14-16-12-18(26-4-2)6-8-20(16)24/h5-8,11-14,23-24H,3-4,9-10H2,1-2H3. The van der Waals surface area contributed by atoms with Crippen LogP contribution in [0.2, 0.25) is 0 Å². The van der Waals surface area contributed by atoms with Gasteiger partial charge in [0.2, 0.25) is 0 Å². The Hall–Kier alpha value is -3.02. The predicted octanol–water partition coefficient (Wildman–Crippen LogP) is 3.43. The van der Waals surface area contributed by atoms with E-state index in [2.05, 4.69) is 9.98 Å². The van der Waals surface area contributed by atoms with Crippen LogP contribution in [0, 0.1) is 0 Å². The average Bonchev–Trinajstić information content (AvgIpc) is 2.63. The Kier molecular flexibility index (Phi) is 7.49. The second kappa shape index (κ2) is 10.1. The molecule has 0 unspecified atom stereocenters. The summed E-state index contributed by atoms with van der Waals surface area (Å²) in [6.07, 6.45) is 3.20. The Morgan fingerprint density at radius 3 is 1.58 bits per heavy atom. The molecular formula is C20H24N2O4. The lowest BCUT2D eigenvalue weighted by molar-refractivity contribution is 0.339. The first-order valence-electron chi connectivity index (χ1n) is 8.55. The number of phenolic OH excluding ortho intramolecular Hbond substituents is 2. The number of rotatable bonds is 9. The summed E-state index contributed by atoms with van der Waals surface area (Å²) in [6.45, 7) is 5.85. The van der Waals surface area contributed by atoms with E-state index in [1.165, 1.54) is 0 Å². The van der Waals surface area contributed by atoms with Crippen LogP contribution in [0.3, 0.4) is 0 Å². The first-order valence-corrected chi connectivity index (χ1v) is 8.55. The summed E-state index contributed by atoms with van der Waals surface area (Å²) >= 11 is 0. The molecule has 0 saturated carbocycles. The molecule has 2 N–H and O–H groups in total. The number of phenols is 2. The van der Waals surface area contributed by atoms with Crippen molar-refractivity contribution >= 4 is 12.4 Å². The fourth-order valence-corrected chi connectivity index (χ4v) is 2.23. The van der Waals surface area contributed by atoms with Crippen molar-refractivity contribution in [2.45, 2.75) is 13.8 Å². The third kappa shape index (κ3) is 5.81. The van der Waals surface area contributed by atoms with Gasteiger partial charge in [0.25, 0.3) is 0 Å². The van der Waals surface area contributed by atoms with Crippen molar-refractivity contribution in [2.75, 3.05) is 26.3 Å². The van der Waals surface area contributed by atoms with Crippen molar-refractivity contribution < 1.29 is 19.7 Å². The maximum Gasteiger partial charge on any atom is 0.124 e. The van der Waals surface area contributed by atoms with Crippen LogP contribution in [0.25, 0.3) is 0 Å². The Labute approximate surface area is 153 Å². The summed E-state index contributed by atoms with van der Waals surface area (Å²) in [5, 5.41) is 19.7. The normalized spacial score (nSPS) is 11.3. The van der Waals surface area contributed by atoms with Gasteiger partial charge in [0.1, 0.15) is 23.0 Å². The summed E-state index contributed by atoms with van der Waals surface area (Å²) in [5.41, 5.74) is 1.20. The monoisotopic (exact) mass is 356 g/mol. The smallest absolute Gasteiger partial charge is 0.124 e. The van der Waals surface area contributed by atoms with Gasteiger partial charge in [0, 0.05) is 23.6 Å². The van der Waals surface area contributed by atoms with Crippen LogP contribution in [0.1, 0.15) is 25.0 Å². The molecule has 138 valence electrons. The zero-order valence-electron chi connectivity index (χ0n) is 15.1. The molecule has 0 heterocycles. The lowest BCUT2D eigenvalue weighted by Crippen LogP contribution is -1.95. The molecule has 0 aliphatic carbocycles. The van der Waals surface area contributed by atoms with Crippen molar-refractivity contribution in [3.63, 3.8) is 0 Å². The molecule has 6 heteroatoms. The van der Waals surface area contributed by atoms with Gasteiger partial charge >= 0.3 is 0 Å². The van der Waals surface area contributed by atoms with Crippen LogP contribution in [0.15, 0.2) is 46.4 Å². The van der Waals surface area contributed by atoms with Gasteiger partial charge in [-0.05, 0) is 50.2 Å². The maximum absolute atomic E-state index is 9.84. The van der Waals surface area contributed by atoms with Gasteiger partial charge in [0.05, 0.1) is 26.3 Å². The van der Waals surface area contributed by atoms with Crippen molar-refractivity contribution in [1.29, 1.82) is 0 Å². The van der Waals surface area contributed by atoms with E-state index in [-0.39, 0.29) is 11.5 Å². The Morgan fingerprint density at radius 1 is 0.769 bits per heavy atom. The molecule has 6 nitrogen and oxygen atoms in total. The van der Waals surface area contributed by atoms with Crippen LogP contribution in [0.5, 0.6) is 23.0 Å². The minimum absolute atomic E-state index is 0.151. The molecule has 0 fully saturated rings. The Balaban J connectivity index is 1.90. The number of hydrogen-bond acceptors (Lipinski definition) is 6. The van der Waals surface area contributed by atoms with Crippen LogP contribution < -0.4 is 9.47 Å². The molecule has 2 aromatic rings. The third-order valence-corrected chi connectivity index (χ3v) is 3.44. The molecule has 0 atom stereocenters. The number of ether oxygens (including phenoxy) is 2. The second-order valence-corrected chi connectivity index (χ2v) is 5.38. The summed E-state index contributed by atoms with van der Waals surface area (Å²) in [5.74, 6) is 1.68. The lowest BCUT2D eigenvalue weighted by atomic mass is 10.2. The maximum atomic E-state index is 9.84. The van der Waals surface area contributed by atoms with Crippen LogP contribution in [-0.2, 0) is 0 Å². The van der Waals surface area contributed by atoms with E-state index in [1.54, 1.807) is 48.8 Å². The zero-order chi connectivity index (χ0) is 18.8. The predicted molar refractivity (Wildman–Crippen MR) is 103 cm³/mol. The van der Waals surface area contributed by atoms with Gasteiger partial charge in [0.15, 0.2) is 0 Å². The molecule has 26 heavy (non-hydrogen) atoms. The molecular weight excluding hydrogens is 332 g/mol. The Morgan fingerprint density at radius 2 is 1.19 bits per heavy atom. The topological polar surface area (TPSA) is 83.6 Å². The first kappa shape index (κ1) is 19.3. The van der Waals surface area contributed by atoms with Crippen LogP contribution >= 0.6 is 0 Å². The molecule has 0 aliphatic heterocycles. The second-order valence-electron chi connectivity index (χ2n) is 5.38. The van der Waals surface area contributed by atoms with E-state index >= 15 is 0 Å². The number of aromatic hydroxyl groups is 2. The van der Waals surface area contributed by atoms with Gasteiger partial charge in [-0.2, -0.15) is 0 Å². The first-order chi connectivity index (χ1) is 12.6.